The molecule has 0 atom stereocenters. The monoisotopic (exact) mass is 443 g/mol. The highest BCUT2D eigenvalue weighted by atomic mass is 35.5. The Balaban J connectivity index is 1.46. The van der Waals surface area contributed by atoms with Gasteiger partial charge >= 0.3 is 5.97 Å². The van der Waals surface area contributed by atoms with E-state index in [1.807, 2.05) is 6.07 Å². The van der Waals surface area contributed by atoms with E-state index in [0.717, 1.165) is 0 Å². The molecule has 1 aromatic heterocycles. The van der Waals surface area contributed by atoms with Crippen LogP contribution in [0, 0.1) is 6.92 Å². The van der Waals surface area contributed by atoms with Crippen LogP contribution in [0.4, 0.5) is 0 Å². The van der Waals surface area contributed by atoms with Crippen LogP contribution in [0.25, 0.3) is 11.3 Å². The zero-order valence-corrected chi connectivity index (χ0v) is 17.1. The van der Waals surface area contributed by atoms with E-state index in [1.54, 1.807) is 55.5 Å². The molecule has 2 amide bonds. The predicted octanol–water partition coefficient (Wildman–Crippen LogP) is 2.69. The molecular weight excluding hydrogens is 426 g/mol. The van der Waals surface area contributed by atoms with Crippen molar-refractivity contribution in [2.75, 3.05) is 13.2 Å². The molecule has 3 rings (SSSR count). The summed E-state index contributed by atoms with van der Waals surface area (Å²) in [6.45, 7) is 0.620. The van der Waals surface area contributed by atoms with Crippen LogP contribution in [0.1, 0.15) is 16.1 Å². The Kier molecular flexibility index (Phi) is 7.23. The van der Waals surface area contributed by atoms with Crippen LogP contribution in [0.2, 0.25) is 5.02 Å². The third-order valence-corrected chi connectivity index (χ3v) is 4.23. The number of aromatic nitrogens is 1. The Morgan fingerprint density at radius 3 is 2.29 bits per heavy atom. The van der Waals surface area contributed by atoms with Crippen molar-refractivity contribution in [2.24, 2.45) is 0 Å². The first-order valence-electron chi connectivity index (χ1n) is 9.09. The first-order valence-corrected chi connectivity index (χ1v) is 9.46. The maximum absolute atomic E-state index is 12.4. The molecule has 0 aliphatic heterocycles. The zero-order valence-electron chi connectivity index (χ0n) is 16.4. The standard InChI is InChI=1S/C21H18ClN3O6/c1-13-19(20(25-31-13)14-5-3-2-4-6-14)21(28)30-12-18(27)24-23-17(26)11-29-16-9-7-15(22)8-10-16/h2-10H,11-12H2,1H3,(H,23,26)(H,24,27). The number of carbonyl (C=O) groups excluding carboxylic acids is 3. The number of aryl methyl sites for hydroxylation is 1. The minimum atomic E-state index is -0.773. The first-order chi connectivity index (χ1) is 14.9. The average Bonchev–Trinajstić information content (AvgIpc) is 3.17. The van der Waals surface area contributed by atoms with Gasteiger partial charge in [-0.1, -0.05) is 47.1 Å². The fraction of sp³-hybridized carbons (Fsp3) is 0.143. The van der Waals surface area contributed by atoms with E-state index in [-0.39, 0.29) is 17.9 Å². The first kappa shape index (κ1) is 21.8. The molecule has 0 fully saturated rings. The summed E-state index contributed by atoms with van der Waals surface area (Å²) >= 11 is 5.77. The van der Waals surface area contributed by atoms with Crippen molar-refractivity contribution in [1.29, 1.82) is 0 Å². The molecule has 2 N–H and O–H groups in total. The van der Waals surface area contributed by atoms with Crippen molar-refractivity contribution in [3.8, 4) is 17.0 Å². The van der Waals surface area contributed by atoms with Crippen LogP contribution >= 0.6 is 11.6 Å². The van der Waals surface area contributed by atoms with E-state index in [4.69, 9.17) is 25.6 Å². The highest BCUT2D eigenvalue weighted by Crippen LogP contribution is 2.25. The van der Waals surface area contributed by atoms with E-state index in [9.17, 15) is 14.4 Å². The molecule has 10 heteroatoms. The van der Waals surface area contributed by atoms with Crippen molar-refractivity contribution in [1.82, 2.24) is 16.0 Å². The zero-order chi connectivity index (χ0) is 22.2. The van der Waals surface area contributed by atoms with Gasteiger partial charge in [-0.15, -0.1) is 0 Å². The smallest absolute Gasteiger partial charge is 0.344 e. The fourth-order valence-electron chi connectivity index (χ4n) is 2.50. The number of hydrogen-bond donors (Lipinski definition) is 2. The van der Waals surface area contributed by atoms with Gasteiger partial charge in [0.25, 0.3) is 11.8 Å². The number of amides is 2. The van der Waals surface area contributed by atoms with Gasteiger partial charge in [-0.05, 0) is 31.2 Å². The molecule has 0 spiro atoms. The van der Waals surface area contributed by atoms with E-state index >= 15 is 0 Å². The highest BCUT2D eigenvalue weighted by Gasteiger charge is 2.23. The molecule has 0 bridgehead atoms. The number of ether oxygens (including phenoxy) is 2. The summed E-state index contributed by atoms with van der Waals surface area (Å²) < 4.78 is 15.4. The summed E-state index contributed by atoms with van der Waals surface area (Å²) in [7, 11) is 0. The van der Waals surface area contributed by atoms with Crippen molar-refractivity contribution in [3.05, 3.63) is 70.9 Å². The predicted molar refractivity (Wildman–Crippen MR) is 110 cm³/mol. The van der Waals surface area contributed by atoms with Crippen LogP contribution in [0.5, 0.6) is 5.75 Å². The third-order valence-electron chi connectivity index (χ3n) is 3.97. The SMILES string of the molecule is Cc1onc(-c2ccccc2)c1C(=O)OCC(=O)NNC(=O)COc1ccc(Cl)cc1. The van der Waals surface area contributed by atoms with E-state index in [0.29, 0.717) is 22.0 Å². The number of hydrogen-bond acceptors (Lipinski definition) is 7. The van der Waals surface area contributed by atoms with Crippen LogP contribution < -0.4 is 15.6 Å². The highest BCUT2D eigenvalue weighted by molar-refractivity contribution is 6.30. The number of rotatable bonds is 7. The lowest BCUT2D eigenvalue weighted by molar-refractivity contribution is -0.131. The Bertz CT molecular complexity index is 1070. The Labute approximate surface area is 182 Å². The van der Waals surface area contributed by atoms with Crippen LogP contribution in [0.3, 0.4) is 0 Å². The van der Waals surface area contributed by atoms with Crippen molar-refractivity contribution < 1.29 is 28.4 Å². The summed E-state index contributed by atoms with van der Waals surface area (Å²) in [6, 6.07) is 15.4. The molecule has 3 aromatic rings. The van der Waals surface area contributed by atoms with Crippen LogP contribution in [-0.4, -0.2) is 36.2 Å². The van der Waals surface area contributed by atoms with Crippen LogP contribution in [-0.2, 0) is 14.3 Å². The molecule has 160 valence electrons. The summed E-state index contributed by atoms with van der Waals surface area (Å²) in [5.41, 5.74) is 5.40. The summed E-state index contributed by atoms with van der Waals surface area (Å²) in [6.07, 6.45) is 0. The van der Waals surface area contributed by atoms with E-state index in [1.165, 1.54) is 0 Å². The normalized spacial score (nSPS) is 10.3. The molecule has 9 nitrogen and oxygen atoms in total. The third kappa shape index (κ3) is 6.06. The Hall–Kier alpha value is -3.85. The quantitative estimate of drug-likeness (QED) is 0.425. The van der Waals surface area contributed by atoms with Gasteiger partial charge in [0, 0.05) is 10.6 Å². The molecule has 31 heavy (non-hydrogen) atoms. The second kappa shape index (κ2) is 10.3. The van der Waals surface area contributed by atoms with Crippen molar-refractivity contribution in [3.63, 3.8) is 0 Å². The molecule has 0 unspecified atom stereocenters. The number of halogens is 1. The van der Waals surface area contributed by atoms with Gasteiger partial charge in [0.15, 0.2) is 13.2 Å². The molecular formula is C21H18ClN3O6. The lowest BCUT2D eigenvalue weighted by Gasteiger charge is -2.09. The summed E-state index contributed by atoms with van der Waals surface area (Å²) in [4.78, 5) is 36.1. The average molecular weight is 444 g/mol. The number of nitrogens with zero attached hydrogens (tertiary/aromatic N) is 1. The minimum absolute atomic E-state index is 0.124. The maximum Gasteiger partial charge on any atom is 0.344 e. The van der Waals surface area contributed by atoms with Gasteiger partial charge in [0.2, 0.25) is 0 Å². The molecule has 0 radical (unpaired) electrons. The summed E-state index contributed by atoms with van der Waals surface area (Å²) in [5.74, 6) is -1.40. The maximum atomic E-state index is 12.4. The van der Waals surface area contributed by atoms with E-state index < -0.39 is 24.4 Å². The fourth-order valence-corrected chi connectivity index (χ4v) is 2.63. The Morgan fingerprint density at radius 1 is 0.968 bits per heavy atom. The van der Waals surface area contributed by atoms with E-state index in [2.05, 4.69) is 16.0 Å². The summed E-state index contributed by atoms with van der Waals surface area (Å²) in [5, 5.41) is 4.43. The Morgan fingerprint density at radius 2 is 1.61 bits per heavy atom. The van der Waals surface area contributed by atoms with Gasteiger partial charge in [-0.25, -0.2) is 4.79 Å². The lowest BCUT2D eigenvalue weighted by Crippen LogP contribution is -2.45. The second-order valence-electron chi connectivity index (χ2n) is 6.24. The number of benzene rings is 2. The van der Waals surface area contributed by atoms with Gasteiger partial charge in [0.1, 0.15) is 22.8 Å². The number of hydrazine groups is 1. The molecule has 0 aliphatic carbocycles. The molecule has 0 saturated carbocycles. The van der Waals surface area contributed by atoms with Gasteiger partial charge in [-0.3, -0.25) is 20.4 Å². The number of esters is 1. The van der Waals surface area contributed by atoms with Crippen molar-refractivity contribution >= 4 is 29.4 Å². The lowest BCUT2D eigenvalue weighted by atomic mass is 10.1. The van der Waals surface area contributed by atoms with Crippen molar-refractivity contribution in [2.45, 2.75) is 6.92 Å². The molecule has 0 saturated heterocycles. The van der Waals surface area contributed by atoms with Gasteiger partial charge in [0.05, 0.1) is 0 Å². The second-order valence-corrected chi connectivity index (χ2v) is 6.68. The van der Waals surface area contributed by atoms with Crippen LogP contribution in [0.15, 0.2) is 59.1 Å². The van der Waals surface area contributed by atoms with Gasteiger partial charge in [-0.2, -0.15) is 0 Å². The molecule has 2 aromatic carbocycles. The number of nitrogens with one attached hydrogen (secondary N) is 2. The minimum Gasteiger partial charge on any atom is -0.484 e. The van der Waals surface area contributed by atoms with Gasteiger partial charge < -0.3 is 14.0 Å². The molecule has 1 heterocycles. The molecule has 0 aliphatic rings. The number of carbonyl (C=O) groups is 3. The topological polar surface area (TPSA) is 120 Å². The largest absolute Gasteiger partial charge is 0.484 e.